The van der Waals surface area contributed by atoms with Crippen LogP contribution in [0.1, 0.15) is 11.1 Å². The maximum absolute atomic E-state index is 13.7. The maximum atomic E-state index is 13.7. The second-order valence-corrected chi connectivity index (χ2v) is 11.8. The van der Waals surface area contributed by atoms with Crippen molar-refractivity contribution < 1.29 is 9.53 Å². The van der Waals surface area contributed by atoms with E-state index in [1.54, 1.807) is 17.0 Å². The third-order valence-electron chi connectivity index (χ3n) is 5.51. The lowest BCUT2D eigenvalue weighted by Gasteiger charge is -2.15. The number of benzene rings is 4. The molecule has 1 aliphatic heterocycles. The first kappa shape index (κ1) is 27.0. The van der Waals surface area contributed by atoms with Crippen LogP contribution < -0.4 is 9.64 Å². The first-order valence-corrected chi connectivity index (χ1v) is 14.5. The van der Waals surface area contributed by atoms with Crippen molar-refractivity contribution in [3.63, 3.8) is 0 Å². The Labute approximate surface area is 251 Å². The Morgan fingerprint density at radius 1 is 0.921 bits per heavy atom. The molecule has 0 aromatic heterocycles. The van der Waals surface area contributed by atoms with Crippen molar-refractivity contribution in [1.82, 2.24) is 0 Å². The Kier molecular flexibility index (Phi) is 8.61. The topological polar surface area (TPSA) is 41.9 Å². The number of halogens is 4. The van der Waals surface area contributed by atoms with E-state index in [2.05, 4.69) is 31.9 Å². The Morgan fingerprint density at radius 3 is 2.34 bits per heavy atom. The van der Waals surface area contributed by atoms with Gasteiger partial charge in [-0.1, -0.05) is 81.6 Å². The number of carbonyl (C=O) groups is 1. The molecule has 9 heteroatoms. The molecule has 0 unspecified atom stereocenters. The lowest BCUT2D eigenvalue weighted by atomic mass is 10.1. The van der Waals surface area contributed by atoms with Crippen LogP contribution in [0.5, 0.6) is 5.75 Å². The summed E-state index contributed by atoms with van der Waals surface area (Å²) in [5.41, 5.74) is 3.02. The smallest absolute Gasteiger partial charge is 0.271 e. The van der Waals surface area contributed by atoms with E-state index in [-0.39, 0.29) is 12.5 Å². The van der Waals surface area contributed by atoms with Crippen LogP contribution >= 0.6 is 66.8 Å². The van der Waals surface area contributed by atoms with E-state index >= 15 is 0 Å². The normalized spacial score (nSPS) is 15.5. The minimum absolute atomic E-state index is 0.168. The molecule has 190 valence electrons. The van der Waals surface area contributed by atoms with Gasteiger partial charge >= 0.3 is 0 Å². The van der Waals surface area contributed by atoms with Gasteiger partial charge in [-0.3, -0.25) is 9.69 Å². The Bertz CT molecular complexity index is 1560. The second kappa shape index (κ2) is 12.1. The largest absolute Gasteiger partial charge is 0.487 e. The SMILES string of the molecule is O=C1/C(=C\c2cc(Br)cc(Br)c2OCc2ccc(Cl)cc2Cl)SC(=Nc2ccccc2)N1c1ccccc1. The molecule has 4 aromatic rings. The molecular weight excluding hydrogens is 671 g/mol. The number of hydrogen-bond donors (Lipinski definition) is 0. The monoisotopic (exact) mass is 686 g/mol. The Hall–Kier alpha value is -2.55. The average molecular weight is 689 g/mol. The number of amidine groups is 1. The van der Waals surface area contributed by atoms with Gasteiger partial charge in [-0.2, -0.15) is 0 Å². The third kappa shape index (κ3) is 6.19. The molecule has 0 N–H and O–H groups in total. The summed E-state index contributed by atoms with van der Waals surface area (Å²) in [6.07, 6.45) is 1.82. The molecule has 0 radical (unpaired) electrons. The number of rotatable bonds is 6. The molecule has 1 aliphatic rings. The molecule has 0 saturated carbocycles. The molecule has 0 bridgehead atoms. The fourth-order valence-corrected chi connectivity index (χ4v) is 6.56. The summed E-state index contributed by atoms with van der Waals surface area (Å²) in [6, 6.07) is 28.1. The number of carbonyl (C=O) groups excluding carboxylic acids is 1. The maximum Gasteiger partial charge on any atom is 0.271 e. The third-order valence-corrected chi connectivity index (χ3v) is 8.12. The van der Waals surface area contributed by atoms with Crippen molar-refractivity contribution in [2.45, 2.75) is 6.61 Å². The van der Waals surface area contributed by atoms with Gasteiger partial charge in [-0.15, -0.1) is 0 Å². The van der Waals surface area contributed by atoms with E-state index in [0.717, 1.165) is 31.4 Å². The summed E-state index contributed by atoms with van der Waals surface area (Å²) < 4.78 is 7.77. The molecule has 0 aliphatic carbocycles. The summed E-state index contributed by atoms with van der Waals surface area (Å²) in [7, 11) is 0. The highest BCUT2D eigenvalue weighted by atomic mass is 79.9. The fraction of sp³-hybridized carbons (Fsp3) is 0.0345. The minimum Gasteiger partial charge on any atom is -0.487 e. The molecule has 1 fully saturated rings. The fourth-order valence-electron chi connectivity index (χ4n) is 3.74. The predicted octanol–water partition coefficient (Wildman–Crippen LogP) is 9.91. The van der Waals surface area contributed by atoms with Crippen LogP contribution in [0.2, 0.25) is 10.0 Å². The predicted molar refractivity (Wildman–Crippen MR) is 166 cm³/mol. The number of anilines is 1. The zero-order chi connectivity index (χ0) is 26.6. The minimum atomic E-state index is -0.168. The number of aliphatic imine (C=N–C) groups is 1. The van der Waals surface area contributed by atoms with E-state index < -0.39 is 0 Å². The number of amides is 1. The highest BCUT2D eigenvalue weighted by molar-refractivity contribution is 9.11. The molecule has 0 spiro atoms. The number of para-hydroxylation sites is 2. The summed E-state index contributed by atoms with van der Waals surface area (Å²) in [5, 5.41) is 1.65. The van der Waals surface area contributed by atoms with Gasteiger partial charge in [0.1, 0.15) is 12.4 Å². The van der Waals surface area contributed by atoms with Gasteiger partial charge in [0.15, 0.2) is 5.17 Å². The Balaban J connectivity index is 1.53. The zero-order valence-corrected chi connectivity index (χ0v) is 25.1. The van der Waals surface area contributed by atoms with Gasteiger partial charge in [0.25, 0.3) is 5.91 Å². The number of ether oxygens (including phenoxy) is 1. The molecule has 0 atom stereocenters. The standard InChI is InChI=1S/C29H18Br2Cl2N2O2S/c30-20-13-19(27(24(31)15-20)37-17-18-11-12-21(32)16-25(18)33)14-26-28(36)35(23-9-5-2-6-10-23)29(38-26)34-22-7-3-1-4-8-22/h1-16H,17H2/b26-14+,34-29?. The van der Waals surface area contributed by atoms with Gasteiger partial charge in [0.05, 0.1) is 20.8 Å². The summed E-state index contributed by atoms with van der Waals surface area (Å²) in [5.74, 6) is 0.415. The van der Waals surface area contributed by atoms with Crippen molar-refractivity contribution in [1.29, 1.82) is 0 Å². The van der Waals surface area contributed by atoms with Gasteiger partial charge in [0.2, 0.25) is 0 Å². The van der Waals surface area contributed by atoms with E-state index in [4.69, 9.17) is 32.9 Å². The summed E-state index contributed by atoms with van der Waals surface area (Å²) in [4.78, 5) is 20.6. The highest BCUT2D eigenvalue weighted by Gasteiger charge is 2.35. The van der Waals surface area contributed by atoms with Crippen LogP contribution in [0.15, 0.2) is 110 Å². The number of hydrogen-bond acceptors (Lipinski definition) is 4. The molecule has 1 amide bonds. The van der Waals surface area contributed by atoms with Crippen LogP contribution in [0.3, 0.4) is 0 Å². The quantitative estimate of drug-likeness (QED) is 0.189. The van der Waals surface area contributed by atoms with Gasteiger partial charge < -0.3 is 4.74 Å². The molecule has 38 heavy (non-hydrogen) atoms. The summed E-state index contributed by atoms with van der Waals surface area (Å²) in [6.45, 7) is 0.227. The lowest BCUT2D eigenvalue weighted by Crippen LogP contribution is -2.28. The van der Waals surface area contributed by atoms with Crippen LogP contribution in [0, 0.1) is 0 Å². The van der Waals surface area contributed by atoms with Crippen LogP contribution in [0.4, 0.5) is 11.4 Å². The zero-order valence-electron chi connectivity index (χ0n) is 19.6. The van der Waals surface area contributed by atoms with Crippen LogP contribution in [-0.2, 0) is 11.4 Å². The second-order valence-electron chi connectivity index (χ2n) is 8.15. The van der Waals surface area contributed by atoms with Crippen LogP contribution in [-0.4, -0.2) is 11.1 Å². The van der Waals surface area contributed by atoms with Crippen LogP contribution in [0.25, 0.3) is 6.08 Å². The van der Waals surface area contributed by atoms with Crippen molar-refractivity contribution >= 4 is 95.3 Å². The lowest BCUT2D eigenvalue weighted by molar-refractivity contribution is -0.113. The van der Waals surface area contributed by atoms with E-state index in [1.165, 1.54) is 11.8 Å². The molecular formula is C29H18Br2Cl2N2O2S. The first-order chi connectivity index (χ1) is 18.4. The first-order valence-electron chi connectivity index (χ1n) is 11.4. The van der Waals surface area contributed by atoms with E-state index in [1.807, 2.05) is 84.9 Å². The molecule has 5 rings (SSSR count). The van der Waals surface area contributed by atoms with Gasteiger partial charge in [-0.05, 0) is 82.3 Å². The molecule has 1 heterocycles. The number of thioether (sulfide) groups is 1. The summed E-state index contributed by atoms with van der Waals surface area (Å²) >= 11 is 20.9. The van der Waals surface area contributed by atoms with Crippen molar-refractivity contribution in [2.24, 2.45) is 4.99 Å². The van der Waals surface area contributed by atoms with Gasteiger partial charge in [0, 0.05) is 25.6 Å². The van der Waals surface area contributed by atoms with Crippen molar-refractivity contribution in [3.05, 3.63) is 126 Å². The highest BCUT2D eigenvalue weighted by Crippen LogP contribution is 2.41. The van der Waals surface area contributed by atoms with E-state index in [0.29, 0.717) is 25.9 Å². The van der Waals surface area contributed by atoms with Crippen molar-refractivity contribution in [3.8, 4) is 5.75 Å². The number of nitrogens with zero attached hydrogens (tertiary/aromatic N) is 2. The molecule has 1 saturated heterocycles. The average Bonchev–Trinajstić information content (AvgIpc) is 3.19. The van der Waals surface area contributed by atoms with E-state index in [9.17, 15) is 4.79 Å². The Morgan fingerprint density at radius 2 is 1.63 bits per heavy atom. The van der Waals surface area contributed by atoms with Crippen molar-refractivity contribution in [2.75, 3.05) is 4.90 Å². The molecule has 4 nitrogen and oxygen atoms in total. The molecule has 4 aromatic carbocycles. The van der Waals surface area contributed by atoms with Gasteiger partial charge in [-0.25, -0.2) is 4.99 Å².